The van der Waals surface area contributed by atoms with Crippen molar-refractivity contribution in [2.75, 3.05) is 5.32 Å². The van der Waals surface area contributed by atoms with Crippen molar-refractivity contribution in [1.82, 2.24) is 4.98 Å². The Morgan fingerprint density at radius 3 is 2.73 bits per heavy atom. The molecular weight excluding hydrogens is 184 g/mol. The molecule has 1 aliphatic rings. The minimum atomic E-state index is 0.605. The minimum Gasteiger partial charge on any atom is -0.367 e. The average Bonchev–Trinajstić information content (AvgIpc) is 2.53. The minimum absolute atomic E-state index is 0.605. The molecule has 3 unspecified atom stereocenters. The summed E-state index contributed by atoms with van der Waals surface area (Å²) >= 11 is 0. The van der Waals surface area contributed by atoms with Gasteiger partial charge in [-0.15, -0.1) is 0 Å². The number of nitrogens with one attached hydrogen (secondary N) is 1. The molecule has 1 fully saturated rings. The van der Waals surface area contributed by atoms with E-state index in [2.05, 4.69) is 37.1 Å². The van der Waals surface area contributed by atoms with Crippen molar-refractivity contribution in [3.63, 3.8) is 0 Å². The van der Waals surface area contributed by atoms with Gasteiger partial charge in [-0.2, -0.15) is 0 Å². The maximum Gasteiger partial charge on any atom is 0.129 e. The first kappa shape index (κ1) is 10.5. The summed E-state index contributed by atoms with van der Waals surface area (Å²) in [5, 5.41) is 3.58. The van der Waals surface area contributed by atoms with Crippen LogP contribution in [-0.2, 0) is 0 Å². The second-order valence-electron chi connectivity index (χ2n) is 4.83. The van der Waals surface area contributed by atoms with Crippen LogP contribution in [0.4, 0.5) is 5.82 Å². The fourth-order valence-electron chi connectivity index (χ4n) is 2.38. The van der Waals surface area contributed by atoms with Crippen LogP contribution in [0, 0.1) is 18.8 Å². The van der Waals surface area contributed by atoms with Gasteiger partial charge in [0.15, 0.2) is 0 Å². The molecule has 15 heavy (non-hydrogen) atoms. The number of aromatic nitrogens is 1. The summed E-state index contributed by atoms with van der Waals surface area (Å²) in [5.74, 6) is 2.65. The summed E-state index contributed by atoms with van der Waals surface area (Å²) in [6, 6.07) is 4.70. The number of pyridine rings is 1. The van der Waals surface area contributed by atoms with E-state index in [0.717, 1.165) is 17.7 Å². The lowest BCUT2D eigenvalue weighted by Gasteiger charge is -2.21. The van der Waals surface area contributed by atoms with Gasteiger partial charge in [0.2, 0.25) is 0 Å². The van der Waals surface area contributed by atoms with Crippen LogP contribution >= 0.6 is 0 Å². The lowest BCUT2D eigenvalue weighted by molar-refractivity contribution is 0.435. The van der Waals surface area contributed by atoms with Crippen LogP contribution in [0.1, 0.15) is 32.3 Å². The fraction of sp³-hybridized carbons (Fsp3) is 0.615. The van der Waals surface area contributed by atoms with Gasteiger partial charge in [-0.25, -0.2) is 4.98 Å². The van der Waals surface area contributed by atoms with Crippen LogP contribution in [0.15, 0.2) is 18.3 Å². The van der Waals surface area contributed by atoms with Gasteiger partial charge in [-0.05, 0) is 43.2 Å². The second kappa shape index (κ2) is 4.21. The fourth-order valence-corrected chi connectivity index (χ4v) is 2.38. The molecule has 1 saturated carbocycles. The van der Waals surface area contributed by atoms with E-state index in [4.69, 9.17) is 0 Å². The Balaban J connectivity index is 2.07. The van der Waals surface area contributed by atoms with E-state index in [1.807, 2.05) is 12.3 Å². The molecule has 2 heteroatoms. The zero-order valence-electron chi connectivity index (χ0n) is 9.83. The van der Waals surface area contributed by atoms with Crippen molar-refractivity contribution in [2.45, 2.75) is 39.7 Å². The summed E-state index contributed by atoms with van der Waals surface area (Å²) in [6.45, 7) is 6.80. The maximum absolute atomic E-state index is 4.39. The van der Waals surface area contributed by atoms with Gasteiger partial charge in [-0.1, -0.05) is 19.9 Å². The van der Waals surface area contributed by atoms with E-state index in [-0.39, 0.29) is 0 Å². The molecule has 0 radical (unpaired) electrons. The third-order valence-corrected chi connectivity index (χ3v) is 3.80. The number of hydrogen-bond acceptors (Lipinski definition) is 2. The maximum atomic E-state index is 4.39. The molecule has 0 spiro atoms. The van der Waals surface area contributed by atoms with E-state index in [9.17, 15) is 0 Å². The lowest BCUT2D eigenvalue weighted by atomic mass is 9.98. The van der Waals surface area contributed by atoms with Crippen molar-refractivity contribution < 1.29 is 0 Å². The van der Waals surface area contributed by atoms with Gasteiger partial charge in [0.1, 0.15) is 5.82 Å². The second-order valence-corrected chi connectivity index (χ2v) is 4.83. The smallest absolute Gasteiger partial charge is 0.129 e. The van der Waals surface area contributed by atoms with Crippen molar-refractivity contribution in [1.29, 1.82) is 0 Å². The highest BCUT2D eigenvalue weighted by Crippen LogP contribution is 2.33. The van der Waals surface area contributed by atoms with Crippen LogP contribution in [0.5, 0.6) is 0 Å². The summed E-state index contributed by atoms with van der Waals surface area (Å²) in [7, 11) is 0. The molecule has 2 nitrogen and oxygen atoms in total. The van der Waals surface area contributed by atoms with Gasteiger partial charge >= 0.3 is 0 Å². The zero-order valence-corrected chi connectivity index (χ0v) is 9.83. The third kappa shape index (κ3) is 2.14. The Morgan fingerprint density at radius 1 is 1.33 bits per heavy atom. The topological polar surface area (TPSA) is 24.9 Å². The molecular formula is C13H20N2. The third-order valence-electron chi connectivity index (χ3n) is 3.80. The van der Waals surface area contributed by atoms with Gasteiger partial charge in [0.25, 0.3) is 0 Å². The Kier molecular flexibility index (Phi) is 2.94. The first-order chi connectivity index (χ1) is 7.18. The molecule has 82 valence electrons. The van der Waals surface area contributed by atoms with Gasteiger partial charge in [0, 0.05) is 12.2 Å². The van der Waals surface area contributed by atoms with Crippen LogP contribution in [0.25, 0.3) is 0 Å². The van der Waals surface area contributed by atoms with Crippen molar-refractivity contribution in [2.24, 2.45) is 11.8 Å². The average molecular weight is 204 g/mol. The van der Waals surface area contributed by atoms with Gasteiger partial charge in [0.05, 0.1) is 0 Å². The van der Waals surface area contributed by atoms with E-state index < -0.39 is 0 Å². The van der Waals surface area contributed by atoms with Gasteiger partial charge < -0.3 is 5.32 Å². The van der Waals surface area contributed by atoms with Crippen LogP contribution in [0.2, 0.25) is 0 Å². The number of rotatable bonds is 2. The van der Waals surface area contributed by atoms with Crippen molar-refractivity contribution >= 4 is 5.82 Å². The Morgan fingerprint density at radius 2 is 2.13 bits per heavy atom. The van der Waals surface area contributed by atoms with Crippen LogP contribution in [-0.4, -0.2) is 11.0 Å². The molecule has 0 amide bonds. The molecule has 0 aromatic carbocycles. The van der Waals surface area contributed by atoms with E-state index in [1.165, 1.54) is 18.4 Å². The summed E-state index contributed by atoms with van der Waals surface area (Å²) in [4.78, 5) is 4.39. The van der Waals surface area contributed by atoms with Crippen molar-refractivity contribution in [3.05, 3.63) is 23.9 Å². The quantitative estimate of drug-likeness (QED) is 0.800. The van der Waals surface area contributed by atoms with Crippen molar-refractivity contribution in [3.8, 4) is 0 Å². The molecule has 0 saturated heterocycles. The van der Waals surface area contributed by atoms with Crippen LogP contribution in [0.3, 0.4) is 0 Å². The molecule has 1 aromatic rings. The Bertz CT molecular complexity index is 335. The SMILES string of the molecule is Cc1cccnc1NC1CCC(C)C1C. The molecule has 1 N–H and O–H groups in total. The van der Waals surface area contributed by atoms with Gasteiger partial charge in [-0.3, -0.25) is 0 Å². The first-order valence-electron chi connectivity index (χ1n) is 5.86. The molecule has 0 bridgehead atoms. The normalized spacial score (nSPS) is 30.5. The molecule has 0 aliphatic heterocycles. The lowest BCUT2D eigenvalue weighted by Crippen LogP contribution is -2.24. The number of anilines is 1. The molecule has 2 rings (SSSR count). The Labute approximate surface area is 92.1 Å². The number of nitrogens with zero attached hydrogens (tertiary/aromatic N) is 1. The molecule has 1 heterocycles. The molecule has 1 aliphatic carbocycles. The van der Waals surface area contributed by atoms with Crippen LogP contribution < -0.4 is 5.32 Å². The summed E-state index contributed by atoms with van der Waals surface area (Å²) in [6.07, 6.45) is 4.47. The predicted octanol–water partition coefficient (Wildman–Crippen LogP) is 3.24. The first-order valence-corrected chi connectivity index (χ1v) is 5.86. The van der Waals surface area contributed by atoms with E-state index in [1.54, 1.807) is 0 Å². The summed E-state index contributed by atoms with van der Waals surface area (Å²) < 4.78 is 0. The summed E-state index contributed by atoms with van der Waals surface area (Å²) in [5.41, 5.74) is 1.24. The highest BCUT2D eigenvalue weighted by atomic mass is 15.0. The molecule has 3 atom stereocenters. The number of hydrogen-bond donors (Lipinski definition) is 1. The Hall–Kier alpha value is -1.05. The highest BCUT2D eigenvalue weighted by Gasteiger charge is 2.29. The molecule has 1 aromatic heterocycles. The standard InChI is InChI=1S/C13H20N2/c1-9-6-7-12(11(9)3)15-13-10(2)5-4-8-14-13/h4-5,8-9,11-12H,6-7H2,1-3H3,(H,14,15). The zero-order chi connectivity index (χ0) is 10.8. The number of aryl methyl sites for hydroxylation is 1. The highest BCUT2D eigenvalue weighted by molar-refractivity contribution is 5.43. The predicted molar refractivity (Wildman–Crippen MR) is 63.9 cm³/mol. The largest absolute Gasteiger partial charge is 0.367 e. The van der Waals surface area contributed by atoms with E-state index >= 15 is 0 Å². The van der Waals surface area contributed by atoms with E-state index in [0.29, 0.717) is 6.04 Å². The monoisotopic (exact) mass is 204 g/mol.